The van der Waals surface area contributed by atoms with E-state index in [0.29, 0.717) is 30.5 Å². The zero-order valence-corrected chi connectivity index (χ0v) is 35.1. The number of carbonyl (C=O) groups excluding carboxylic acids is 1. The Hall–Kier alpha value is -8.84. The predicted octanol–water partition coefficient (Wildman–Crippen LogP) is 14.5. The maximum Gasteiger partial charge on any atom is 0.201 e. The highest BCUT2D eigenvalue weighted by molar-refractivity contribution is 6.15. The van der Waals surface area contributed by atoms with Crippen molar-refractivity contribution in [2.75, 3.05) is 0 Å². The van der Waals surface area contributed by atoms with Crippen LogP contribution in [0.15, 0.2) is 48.9 Å². The Kier molecular flexibility index (Phi) is 11.3. The third-order valence-corrected chi connectivity index (χ3v) is 11.8. The fraction of sp³-hybridized carbons (Fsp3) is 0. The lowest BCUT2D eigenvalue weighted by atomic mass is 9.95. The lowest BCUT2D eigenvalue weighted by Gasteiger charge is -2.12. The molecule has 9 aromatic rings. The molecule has 0 saturated heterocycles. The second-order valence-corrected chi connectivity index (χ2v) is 15.8. The van der Waals surface area contributed by atoms with Gasteiger partial charge in [0, 0.05) is 73.9 Å². The number of nitrogens with one attached hydrogen (secondary N) is 3. The van der Waals surface area contributed by atoms with Crippen molar-refractivity contribution < 1.29 is 92.6 Å². The fourth-order valence-electron chi connectivity index (χ4n) is 8.42. The molecule has 3 N–H and O–H groups in total. The molecule has 26 heteroatoms. The monoisotopic (exact) mass is 1060 g/mol. The van der Waals surface area contributed by atoms with E-state index in [1.165, 1.54) is 0 Å². The largest absolute Gasteiger partial charge is 0.361 e. The Morgan fingerprint density at radius 3 is 1.20 bits per heavy atom. The van der Waals surface area contributed by atoms with E-state index in [0.717, 1.165) is 35.0 Å². The van der Waals surface area contributed by atoms with Gasteiger partial charge >= 0.3 is 0 Å². The molecule has 0 saturated carbocycles. The van der Waals surface area contributed by atoms with Crippen LogP contribution in [0.4, 0.5) is 87.8 Å². The summed E-state index contributed by atoms with van der Waals surface area (Å²) < 4.78 is 305. The Bertz CT molecular complexity index is 4070. The van der Waals surface area contributed by atoms with Crippen LogP contribution in [-0.4, -0.2) is 30.1 Å². The summed E-state index contributed by atoms with van der Waals surface area (Å²) in [5.41, 5.74) is -18.2. The van der Waals surface area contributed by atoms with Crippen molar-refractivity contribution in [2.45, 2.75) is 0 Å². The van der Waals surface area contributed by atoms with E-state index < -0.39 is 217 Å². The molecule has 0 radical (unpaired) electrons. The first-order valence-corrected chi connectivity index (χ1v) is 20.1. The maximum atomic E-state index is 16.3. The number of halogens is 20. The van der Waals surface area contributed by atoms with Crippen molar-refractivity contribution in [3.63, 3.8) is 0 Å². The van der Waals surface area contributed by atoms with Crippen LogP contribution in [0.3, 0.4) is 0 Å². The average molecular weight is 1060 g/mol. The minimum absolute atomic E-state index is 0.590. The van der Waals surface area contributed by atoms with Gasteiger partial charge in [-0.2, -0.15) is 0 Å². The lowest BCUT2D eigenvalue weighted by Crippen LogP contribution is -2.14. The predicted molar refractivity (Wildman–Crippen MR) is 219 cm³/mol. The molecule has 6 heterocycles. The van der Waals surface area contributed by atoms with Gasteiger partial charge in [0.1, 0.15) is 11.4 Å². The number of rotatable bonds is 6. The maximum absolute atomic E-state index is 16.3. The smallest absolute Gasteiger partial charge is 0.201 e. The molecule has 5 aromatic heterocycles. The number of fused-ring (bicyclic) bond motifs is 9. The highest BCUT2D eigenvalue weighted by atomic mass is 19.2. The molecular formula is C48H13F20N5O. The van der Waals surface area contributed by atoms with E-state index >= 15 is 52.7 Å². The molecule has 0 spiro atoms. The quantitative estimate of drug-likeness (QED) is 0.0671. The van der Waals surface area contributed by atoms with Gasteiger partial charge < -0.3 is 19.4 Å². The van der Waals surface area contributed by atoms with Crippen LogP contribution in [0.2, 0.25) is 0 Å². The minimum Gasteiger partial charge on any atom is -0.361 e. The van der Waals surface area contributed by atoms with E-state index in [4.69, 9.17) is 0 Å². The Balaban J connectivity index is 1.46. The molecule has 0 amide bonds. The van der Waals surface area contributed by atoms with Crippen molar-refractivity contribution in [1.82, 2.24) is 24.3 Å². The van der Waals surface area contributed by atoms with Crippen molar-refractivity contribution in [3.05, 3.63) is 188 Å². The van der Waals surface area contributed by atoms with Gasteiger partial charge in [0.25, 0.3) is 0 Å². The third kappa shape index (κ3) is 6.89. The number of ketones is 1. The highest BCUT2D eigenvalue weighted by Gasteiger charge is 2.36. The average Bonchev–Trinajstić information content (AvgIpc) is 4.26. The van der Waals surface area contributed by atoms with Crippen molar-refractivity contribution >= 4 is 45.4 Å². The molecule has 1 aliphatic heterocycles. The Morgan fingerprint density at radius 2 is 0.757 bits per heavy atom. The van der Waals surface area contributed by atoms with Crippen LogP contribution in [0.5, 0.6) is 0 Å². The number of benzene rings is 4. The topological polar surface area (TPSA) is 81.7 Å². The summed E-state index contributed by atoms with van der Waals surface area (Å²) in [6, 6.07) is 3.43. The molecule has 74 heavy (non-hydrogen) atoms. The summed E-state index contributed by atoms with van der Waals surface area (Å²) in [6.07, 6.45) is 3.91. The first-order valence-electron chi connectivity index (χ1n) is 20.1. The lowest BCUT2D eigenvalue weighted by molar-refractivity contribution is 0.102. The number of aromatic nitrogens is 5. The Morgan fingerprint density at radius 1 is 0.392 bits per heavy atom. The van der Waals surface area contributed by atoms with Crippen molar-refractivity contribution in [3.8, 4) is 44.6 Å². The molecule has 10 rings (SSSR count). The van der Waals surface area contributed by atoms with Crippen LogP contribution >= 0.6 is 0 Å². The van der Waals surface area contributed by atoms with Crippen LogP contribution in [0.1, 0.15) is 27.4 Å². The number of nitrogens with zero attached hydrogens (tertiary/aromatic N) is 2. The van der Waals surface area contributed by atoms with Crippen molar-refractivity contribution in [1.29, 1.82) is 0 Å². The zero-order chi connectivity index (χ0) is 53.4. The second kappa shape index (κ2) is 17.2. The van der Waals surface area contributed by atoms with E-state index in [1.807, 2.05) is 0 Å². The molecule has 0 atom stereocenters. The van der Waals surface area contributed by atoms with Crippen LogP contribution < -0.4 is 0 Å². The van der Waals surface area contributed by atoms with E-state index in [-0.39, 0.29) is 0 Å². The number of aromatic amines is 3. The summed E-state index contributed by atoms with van der Waals surface area (Å²) in [5, 5.41) is -0.918. The Labute approximate surface area is 394 Å². The molecule has 0 unspecified atom stereocenters. The normalized spacial score (nSPS) is 12.1. The molecule has 0 fully saturated rings. The molecule has 376 valence electrons. The van der Waals surface area contributed by atoms with Gasteiger partial charge in [0.2, 0.25) is 29.1 Å². The fourth-order valence-corrected chi connectivity index (χ4v) is 8.42. The minimum atomic E-state index is -2.75. The van der Waals surface area contributed by atoms with Gasteiger partial charge in [-0.05, 0) is 42.5 Å². The van der Waals surface area contributed by atoms with Gasteiger partial charge in [-0.1, -0.05) is 0 Å². The van der Waals surface area contributed by atoms with Crippen LogP contribution in [0, 0.1) is 116 Å². The van der Waals surface area contributed by atoms with Crippen LogP contribution in [0.25, 0.3) is 84.2 Å². The molecule has 8 bridgehead atoms. The van der Waals surface area contributed by atoms with Crippen molar-refractivity contribution in [2.24, 2.45) is 0 Å². The third-order valence-electron chi connectivity index (χ3n) is 11.8. The highest BCUT2D eigenvalue weighted by Crippen LogP contribution is 2.44. The second-order valence-electron chi connectivity index (χ2n) is 15.8. The first kappa shape index (κ1) is 48.8. The van der Waals surface area contributed by atoms with E-state index in [9.17, 15) is 39.9 Å². The van der Waals surface area contributed by atoms with E-state index in [1.54, 1.807) is 0 Å². The summed E-state index contributed by atoms with van der Waals surface area (Å²) in [5.74, 6) is -55.1. The number of hydrogen-bond donors (Lipinski definition) is 3. The summed E-state index contributed by atoms with van der Waals surface area (Å²) in [6.45, 7) is 0. The SMILES string of the molecule is O=C(c1cc[nH]c1-c1cn2cc1c(-c1c(F)c(F)c(F)c(F)c1F)c1ccc([nH]1)c(-c1c(F)c(F)c(F)c(F)c1F)c1ccc([nH]1)c(-c1c(F)c(F)c(F)c(F)c1F)c1nc2C=C1)c1c(F)c(F)c(F)c(F)c1F. The van der Waals surface area contributed by atoms with Gasteiger partial charge in [0.15, 0.2) is 93.1 Å². The number of hydrogen-bond acceptors (Lipinski definition) is 2. The molecule has 0 aliphatic carbocycles. The van der Waals surface area contributed by atoms with Gasteiger partial charge in [-0.25, -0.2) is 92.8 Å². The summed E-state index contributed by atoms with van der Waals surface area (Å²) >= 11 is 0. The molecule has 1 aliphatic rings. The standard InChI is InChI=1S/C48H13F20N5O/c49-27-23(28(50)36(58)43(65)35(27)57)20-12-9-73(10-13(12)47-11(7-8-69-47)48(74)26-33(55)41(63)46(68)42(64)34(26)56)19-6-5-18(72-19)22(25-31(53)39(61)45(67)40(62)32(25)54)17-4-3-16(71-17)21(15-2-1-14(20)70-15)24-29(51)37(59)44(66)38(60)30(24)52/h1-10,69-71H. The van der Waals surface area contributed by atoms with Crippen LogP contribution in [-0.2, 0) is 0 Å². The summed E-state index contributed by atoms with van der Waals surface area (Å²) in [7, 11) is 0. The zero-order valence-electron chi connectivity index (χ0n) is 35.1. The summed E-state index contributed by atoms with van der Waals surface area (Å²) in [4.78, 5) is 25.1. The van der Waals surface area contributed by atoms with Gasteiger partial charge in [-0.15, -0.1) is 0 Å². The molecular weight excluding hydrogens is 1040 g/mol. The first-order chi connectivity index (χ1) is 35.0. The molecule has 4 aromatic carbocycles. The molecule has 6 nitrogen and oxygen atoms in total. The number of carbonyl (C=O) groups is 1. The van der Waals surface area contributed by atoms with E-state index in [2.05, 4.69) is 19.9 Å². The van der Waals surface area contributed by atoms with Gasteiger partial charge in [-0.3, -0.25) is 4.79 Å². The van der Waals surface area contributed by atoms with Gasteiger partial charge in [0.05, 0.1) is 28.1 Å². The number of H-pyrrole nitrogens is 3.